The van der Waals surface area contributed by atoms with Crippen molar-refractivity contribution in [3.05, 3.63) is 17.8 Å². The third-order valence-corrected chi connectivity index (χ3v) is 1.85. The van der Waals surface area contributed by atoms with Crippen LogP contribution in [0.25, 0.3) is 0 Å². The summed E-state index contributed by atoms with van der Waals surface area (Å²) >= 11 is 0. The van der Waals surface area contributed by atoms with Gasteiger partial charge in [0.2, 0.25) is 0 Å². The molecule has 0 aliphatic heterocycles. The van der Waals surface area contributed by atoms with E-state index in [1.807, 2.05) is 13.8 Å². The van der Waals surface area contributed by atoms with E-state index in [-0.39, 0.29) is 11.4 Å². The van der Waals surface area contributed by atoms with Crippen molar-refractivity contribution < 1.29 is 4.79 Å². The Morgan fingerprint density at radius 2 is 2.12 bits per heavy atom. The van der Waals surface area contributed by atoms with Crippen molar-refractivity contribution in [1.29, 1.82) is 0 Å². The average molecular weight is 223 g/mol. The molecule has 88 valence electrons. The number of rotatable bonds is 4. The van der Waals surface area contributed by atoms with Crippen LogP contribution in [-0.2, 0) is 0 Å². The highest BCUT2D eigenvalue weighted by atomic mass is 16.1. The number of nitrogens with two attached hydrogens (primary N) is 1. The Morgan fingerprint density at radius 1 is 1.44 bits per heavy atom. The first-order valence-electron chi connectivity index (χ1n) is 5.01. The Hall–Kier alpha value is -1.69. The number of amides is 1. The fraction of sp³-hybridized carbons (Fsp3) is 0.500. The molecule has 0 saturated heterocycles. The number of nitrogens with zero attached hydrogens (tertiary/aromatic N) is 2. The number of carbonyl (C=O) groups excluding carboxylic acids is 1. The molecule has 4 N–H and O–H groups in total. The van der Waals surface area contributed by atoms with Crippen LogP contribution in [0, 0.1) is 0 Å². The lowest BCUT2D eigenvalue weighted by Crippen LogP contribution is -2.39. The van der Waals surface area contributed by atoms with E-state index < -0.39 is 0 Å². The van der Waals surface area contributed by atoms with Gasteiger partial charge in [0, 0.05) is 19.1 Å². The first kappa shape index (κ1) is 12.4. The zero-order valence-corrected chi connectivity index (χ0v) is 9.74. The predicted octanol–water partition coefficient (Wildman–Crippen LogP) is -0.0146. The quantitative estimate of drug-likeness (QED) is 0.667. The van der Waals surface area contributed by atoms with E-state index in [9.17, 15) is 4.79 Å². The van der Waals surface area contributed by atoms with Crippen molar-refractivity contribution in [3.63, 3.8) is 0 Å². The van der Waals surface area contributed by atoms with Crippen LogP contribution in [0.1, 0.15) is 24.3 Å². The molecule has 1 amide bonds. The Kier molecular flexibility index (Phi) is 3.78. The minimum atomic E-state index is -0.318. The lowest BCUT2D eigenvalue weighted by Gasteiger charge is -2.18. The molecule has 0 unspecified atom stereocenters. The minimum Gasteiger partial charge on any atom is -0.367 e. The zero-order valence-electron chi connectivity index (χ0n) is 9.74. The van der Waals surface area contributed by atoms with Crippen molar-refractivity contribution in [2.45, 2.75) is 19.4 Å². The summed E-state index contributed by atoms with van der Waals surface area (Å²) < 4.78 is 0. The van der Waals surface area contributed by atoms with E-state index in [0.717, 1.165) is 0 Å². The van der Waals surface area contributed by atoms with E-state index in [1.165, 1.54) is 0 Å². The Morgan fingerprint density at radius 3 is 2.56 bits per heavy atom. The van der Waals surface area contributed by atoms with Gasteiger partial charge in [-0.3, -0.25) is 4.79 Å². The van der Waals surface area contributed by atoms with Gasteiger partial charge in [0.15, 0.2) is 5.69 Å². The van der Waals surface area contributed by atoms with Crippen molar-refractivity contribution in [1.82, 2.24) is 15.5 Å². The normalized spacial score (nSPS) is 11.0. The summed E-state index contributed by atoms with van der Waals surface area (Å²) in [6.07, 6.45) is 0. The molecule has 6 nitrogen and oxygen atoms in total. The van der Waals surface area contributed by atoms with Crippen LogP contribution in [0.15, 0.2) is 12.1 Å². The Bertz CT molecular complexity index is 354. The van der Waals surface area contributed by atoms with Crippen LogP contribution >= 0.6 is 0 Å². The molecule has 0 atom stereocenters. The standard InChI is InChI=1S/C10H17N5O/c1-10(2,11)6-13-8-5-4-7(14-15-8)9(16)12-3/h4-5H,6,11H2,1-3H3,(H,12,16)(H,13,15). The number of hydrogen-bond donors (Lipinski definition) is 3. The molecule has 6 heteroatoms. The molecule has 0 fully saturated rings. The smallest absolute Gasteiger partial charge is 0.271 e. The summed E-state index contributed by atoms with van der Waals surface area (Å²) in [5.41, 5.74) is 5.78. The molecule has 1 aromatic heterocycles. The maximum atomic E-state index is 11.2. The topological polar surface area (TPSA) is 92.9 Å². The number of carbonyl (C=O) groups is 1. The summed E-state index contributed by atoms with van der Waals surface area (Å²) in [4.78, 5) is 11.2. The number of aromatic nitrogens is 2. The monoisotopic (exact) mass is 223 g/mol. The number of nitrogens with one attached hydrogen (secondary N) is 2. The lowest BCUT2D eigenvalue weighted by atomic mass is 10.1. The molecule has 1 aromatic rings. The first-order chi connectivity index (χ1) is 7.42. The van der Waals surface area contributed by atoms with Crippen molar-refractivity contribution >= 4 is 11.7 Å². The summed E-state index contributed by atoms with van der Waals surface area (Å²) in [6, 6.07) is 3.31. The average Bonchev–Trinajstić information content (AvgIpc) is 2.25. The maximum absolute atomic E-state index is 11.2. The molecule has 0 bridgehead atoms. The third kappa shape index (κ3) is 3.82. The van der Waals surface area contributed by atoms with Gasteiger partial charge >= 0.3 is 0 Å². The summed E-state index contributed by atoms with van der Waals surface area (Å²) in [6.45, 7) is 4.40. The van der Waals surface area contributed by atoms with Crippen LogP contribution in [0.2, 0.25) is 0 Å². The first-order valence-corrected chi connectivity index (χ1v) is 5.01. The largest absolute Gasteiger partial charge is 0.367 e. The lowest BCUT2D eigenvalue weighted by molar-refractivity contribution is 0.0957. The summed E-state index contributed by atoms with van der Waals surface area (Å²) in [5, 5.41) is 13.2. The highest BCUT2D eigenvalue weighted by Crippen LogP contribution is 2.04. The van der Waals surface area contributed by atoms with Gasteiger partial charge in [-0.1, -0.05) is 0 Å². The minimum absolute atomic E-state index is 0.252. The van der Waals surface area contributed by atoms with Crippen LogP contribution in [-0.4, -0.2) is 35.2 Å². The maximum Gasteiger partial charge on any atom is 0.271 e. The van der Waals surface area contributed by atoms with Gasteiger partial charge in [-0.15, -0.1) is 10.2 Å². The van der Waals surface area contributed by atoms with Crippen molar-refractivity contribution in [2.75, 3.05) is 18.9 Å². The van der Waals surface area contributed by atoms with E-state index in [4.69, 9.17) is 5.73 Å². The zero-order chi connectivity index (χ0) is 12.2. The molecule has 0 aromatic carbocycles. The van der Waals surface area contributed by atoms with Gasteiger partial charge in [0.05, 0.1) is 0 Å². The second kappa shape index (κ2) is 4.89. The van der Waals surface area contributed by atoms with E-state index in [0.29, 0.717) is 18.1 Å². The Labute approximate surface area is 94.6 Å². The van der Waals surface area contributed by atoms with Gasteiger partial charge in [-0.25, -0.2) is 0 Å². The fourth-order valence-electron chi connectivity index (χ4n) is 0.994. The number of anilines is 1. The third-order valence-electron chi connectivity index (χ3n) is 1.85. The summed E-state index contributed by atoms with van der Waals surface area (Å²) in [5.74, 6) is 0.351. The SMILES string of the molecule is CNC(=O)c1ccc(NCC(C)(C)N)nn1. The van der Waals surface area contributed by atoms with Crippen LogP contribution in [0.3, 0.4) is 0 Å². The van der Waals surface area contributed by atoms with Gasteiger partial charge < -0.3 is 16.4 Å². The molecule has 0 spiro atoms. The van der Waals surface area contributed by atoms with Crippen LogP contribution in [0.5, 0.6) is 0 Å². The molecular weight excluding hydrogens is 206 g/mol. The van der Waals surface area contributed by atoms with Crippen molar-refractivity contribution in [2.24, 2.45) is 5.73 Å². The molecule has 1 heterocycles. The van der Waals surface area contributed by atoms with Gasteiger partial charge in [-0.2, -0.15) is 0 Å². The second-order valence-electron chi connectivity index (χ2n) is 4.23. The van der Waals surface area contributed by atoms with Gasteiger partial charge in [0.25, 0.3) is 5.91 Å². The van der Waals surface area contributed by atoms with E-state index in [1.54, 1.807) is 19.2 Å². The van der Waals surface area contributed by atoms with E-state index in [2.05, 4.69) is 20.8 Å². The second-order valence-corrected chi connectivity index (χ2v) is 4.23. The van der Waals surface area contributed by atoms with Gasteiger partial charge in [-0.05, 0) is 26.0 Å². The molecule has 0 aliphatic carbocycles. The van der Waals surface area contributed by atoms with E-state index >= 15 is 0 Å². The predicted molar refractivity (Wildman–Crippen MR) is 62.2 cm³/mol. The summed E-state index contributed by atoms with van der Waals surface area (Å²) in [7, 11) is 1.55. The highest BCUT2D eigenvalue weighted by molar-refractivity contribution is 5.91. The molecule has 0 saturated carbocycles. The number of hydrogen-bond acceptors (Lipinski definition) is 5. The van der Waals surface area contributed by atoms with Crippen LogP contribution < -0.4 is 16.4 Å². The molecule has 1 rings (SSSR count). The van der Waals surface area contributed by atoms with Crippen molar-refractivity contribution in [3.8, 4) is 0 Å². The molecule has 0 aliphatic rings. The fourth-order valence-corrected chi connectivity index (χ4v) is 0.994. The molecule has 0 radical (unpaired) electrons. The van der Waals surface area contributed by atoms with Gasteiger partial charge in [0.1, 0.15) is 5.82 Å². The molecular formula is C10H17N5O. The molecule has 16 heavy (non-hydrogen) atoms. The van der Waals surface area contributed by atoms with Crippen LogP contribution in [0.4, 0.5) is 5.82 Å². The Balaban J connectivity index is 2.62. The highest BCUT2D eigenvalue weighted by Gasteiger charge is 2.11.